The van der Waals surface area contributed by atoms with E-state index < -0.39 is 5.97 Å². The van der Waals surface area contributed by atoms with Crippen LogP contribution in [-0.4, -0.2) is 29.6 Å². The standard InChI is InChI=1S/C9H11NO2S/c1-10-3-2-6-4-7(9(11)12)13-8(6)5-10/h4H,2-3,5H2,1H3,(H,11,12). The molecule has 0 fully saturated rings. The van der Waals surface area contributed by atoms with Gasteiger partial charge in [-0.1, -0.05) is 0 Å². The Morgan fingerprint density at radius 3 is 3.15 bits per heavy atom. The first-order valence-corrected chi connectivity index (χ1v) is 5.02. The van der Waals surface area contributed by atoms with Gasteiger partial charge < -0.3 is 10.0 Å². The van der Waals surface area contributed by atoms with E-state index in [4.69, 9.17) is 5.11 Å². The molecule has 0 bridgehead atoms. The van der Waals surface area contributed by atoms with Crippen molar-refractivity contribution in [1.29, 1.82) is 0 Å². The summed E-state index contributed by atoms with van der Waals surface area (Å²) in [6, 6.07) is 1.81. The molecule has 1 aromatic heterocycles. The Bertz CT molecular complexity index is 345. The third-order valence-electron chi connectivity index (χ3n) is 2.28. The molecule has 2 heterocycles. The van der Waals surface area contributed by atoms with Gasteiger partial charge in [0.05, 0.1) is 0 Å². The summed E-state index contributed by atoms with van der Waals surface area (Å²) in [6.07, 6.45) is 0.982. The highest BCUT2D eigenvalue weighted by Gasteiger charge is 2.18. The number of hydrogen-bond acceptors (Lipinski definition) is 3. The fourth-order valence-electron chi connectivity index (χ4n) is 1.55. The molecule has 0 unspecified atom stereocenters. The number of carbonyl (C=O) groups is 1. The molecule has 1 aromatic rings. The summed E-state index contributed by atoms with van der Waals surface area (Å²) in [5.74, 6) is -0.804. The minimum atomic E-state index is -0.804. The number of hydrogen-bond donors (Lipinski definition) is 1. The van der Waals surface area contributed by atoms with Gasteiger partial charge in [0.2, 0.25) is 0 Å². The largest absolute Gasteiger partial charge is 0.477 e. The van der Waals surface area contributed by atoms with Gasteiger partial charge in [0.25, 0.3) is 0 Å². The minimum absolute atomic E-state index is 0.473. The quantitative estimate of drug-likeness (QED) is 0.740. The van der Waals surface area contributed by atoms with Crippen LogP contribution in [0.15, 0.2) is 6.07 Å². The van der Waals surface area contributed by atoms with Crippen molar-refractivity contribution in [3.8, 4) is 0 Å². The number of fused-ring (bicyclic) bond motifs is 1. The molecule has 0 saturated heterocycles. The molecule has 13 heavy (non-hydrogen) atoms. The smallest absolute Gasteiger partial charge is 0.345 e. The van der Waals surface area contributed by atoms with Crippen molar-refractivity contribution in [3.63, 3.8) is 0 Å². The maximum Gasteiger partial charge on any atom is 0.345 e. The predicted molar refractivity (Wildman–Crippen MR) is 51.3 cm³/mol. The maximum absolute atomic E-state index is 10.7. The van der Waals surface area contributed by atoms with E-state index in [1.807, 2.05) is 6.07 Å². The zero-order valence-electron chi connectivity index (χ0n) is 7.41. The minimum Gasteiger partial charge on any atom is -0.477 e. The lowest BCUT2D eigenvalue weighted by Crippen LogP contribution is -2.24. The molecule has 0 spiro atoms. The molecule has 1 N–H and O–H groups in total. The van der Waals surface area contributed by atoms with Crippen LogP contribution in [0.4, 0.5) is 0 Å². The molecular formula is C9H11NO2S. The topological polar surface area (TPSA) is 40.5 Å². The Balaban J connectivity index is 2.33. The van der Waals surface area contributed by atoms with Crippen LogP contribution < -0.4 is 0 Å². The van der Waals surface area contributed by atoms with Gasteiger partial charge in [-0.05, 0) is 25.1 Å². The van der Waals surface area contributed by atoms with Crippen LogP contribution in [0.5, 0.6) is 0 Å². The Kier molecular flexibility index (Phi) is 2.09. The second kappa shape index (κ2) is 3.12. The number of rotatable bonds is 1. The first kappa shape index (κ1) is 8.72. The van der Waals surface area contributed by atoms with E-state index in [1.54, 1.807) is 0 Å². The summed E-state index contributed by atoms with van der Waals surface area (Å²) < 4.78 is 0. The normalized spacial score (nSPS) is 17.0. The van der Waals surface area contributed by atoms with Gasteiger partial charge >= 0.3 is 5.97 Å². The maximum atomic E-state index is 10.7. The van der Waals surface area contributed by atoms with E-state index in [-0.39, 0.29) is 0 Å². The predicted octanol–water partition coefficient (Wildman–Crippen LogP) is 1.43. The Morgan fingerprint density at radius 1 is 1.69 bits per heavy atom. The number of nitrogens with zero attached hydrogens (tertiary/aromatic N) is 1. The van der Waals surface area contributed by atoms with E-state index in [2.05, 4.69) is 11.9 Å². The van der Waals surface area contributed by atoms with Gasteiger partial charge in [0.15, 0.2) is 0 Å². The lowest BCUT2D eigenvalue weighted by molar-refractivity contribution is 0.0702. The van der Waals surface area contributed by atoms with Crippen molar-refractivity contribution < 1.29 is 9.90 Å². The molecule has 2 rings (SSSR count). The van der Waals surface area contributed by atoms with E-state index in [0.717, 1.165) is 19.5 Å². The molecule has 0 radical (unpaired) electrons. The fraction of sp³-hybridized carbons (Fsp3) is 0.444. The summed E-state index contributed by atoms with van der Waals surface area (Å²) in [4.78, 5) is 14.6. The van der Waals surface area contributed by atoms with E-state index in [0.29, 0.717) is 4.88 Å². The average molecular weight is 197 g/mol. The first-order valence-electron chi connectivity index (χ1n) is 4.20. The van der Waals surface area contributed by atoms with Gasteiger partial charge in [-0.2, -0.15) is 0 Å². The van der Waals surface area contributed by atoms with Crippen LogP contribution >= 0.6 is 11.3 Å². The van der Waals surface area contributed by atoms with Gasteiger partial charge in [-0.3, -0.25) is 0 Å². The highest BCUT2D eigenvalue weighted by molar-refractivity contribution is 7.14. The fourth-order valence-corrected chi connectivity index (χ4v) is 2.68. The summed E-state index contributed by atoms with van der Waals surface area (Å²) >= 11 is 1.41. The SMILES string of the molecule is CN1CCc2cc(C(=O)O)sc2C1. The van der Waals surface area contributed by atoms with Crippen LogP contribution in [-0.2, 0) is 13.0 Å². The Morgan fingerprint density at radius 2 is 2.46 bits per heavy atom. The molecule has 1 aliphatic heterocycles. The first-order chi connectivity index (χ1) is 6.16. The zero-order chi connectivity index (χ0) is 9.42. The highest BCUT2D eigenvalue weighted by Crippen LogP contribution is 2.27. The lowest BCUT2D eigenvalue weighted by atomic mass is 10.1. The van der Waals surface area contributed by atoms with Gasteiger partial charge in [0, 0.05) is 18.0 Å². The zero-order valence-corrected chi connectivity index (χ0v) is 8.23. The van der Waals surface area contributed by atoms with E-state index in [1.165, 1.54) is 21.8 Å². The van der Waals surface area contributed by atoms with Crippen molar-refractivity contribution in [3.05, 3.63) is 21.4 Å². The Hall–Kier alpha value is -0.870. The molecule has 0 atom stereocenters. The third-order valence-corrected chi connectivity index (χ3v) is 3.43. The summed E-state index contributed by atoms with van der Waals surface area (Å²) in [5.41, 5.74) is 1.22. The van der Waals surface area contributed by atoms with Gasteiger partial charge in [-0.15, -0.1) is 11.3 Å². The molecule has 0 aromatic carbocycles. The lowest BCUT2D eigenvalue weighted by Gasteiger charge is -2.21. The van der Waals surface area contributed by atoms with Crippen molar-refractivity contribution in [2.45, 2.75) is 13.0 Å². The van der Waals surface area contributed by atoms with Crippen LogP contribution in [0, 0.1) is 0 Å². The van der Waals surface area contributed by atoms with Crippen molar-refractivity contribution >= 4 is 17.3 Å². The molecule has 0 amide bonds. The summed E-state index contributed by atoms with van der Waals surface area (Å²) in [5, 5.41) is 8.80. The summed E-state index contributed by atoms with van der Waals surface area (Å²) in [6.45, 7) is 1.93. The molecule has 3 nitrogen and oxygen atoms in total. The van der Waals surface area contributed by atoms with Gasteiger partial charge in [0.1, 0.15) is 4.88 Å². The second-order valence-corrected chi connectivity index (χ2v) is 4.49. The number of aromatic carboxylic acids is 1. The van der Waals surface area contributed by atoms with Crippen LogP contribution in [0.1, 0.15) is 20.1 Å². The monoisotopic (exact) mass is 197 g/mol. The van der Waals surface area contributed by atoms with E-state index >= 15 is 0 Å². The number of thiophene rings is 1. The molecule has 0 aliphatic carbocycles. The van der Waals surface area contributed by atoms with Crippen LogP contribution in [0.25, 0.3) is 0 Å². The average Bonchev–Trinajstić information content (AvgIpc) is 2.46. The third kappa shape index (κ3) is 1.59. The van der Waals surface area contributed by atoms with E-state index in [9.17, 15) is 4.79 Å². The van der Waals surface area contributed by atoms with Crippen molar-refractivity contribution in [2.75, 3.05) is 13.6 Å². The highest BCUT2D eigenvalue weighted by atomic mass is 32.1. The second-order valence-electron chi connectivity index (χ2n) is 3.35. The van der Waals surface area contributed by atoms with Crippen molar-refractivity contribution in [1.82, 2.24) is 4.90 Å². The molecule has 0 saturated carbocycles. The number of likely N-dealkylation sites (N-methyl/N-ethyl adjacent to an activating group) is 1. The number of carboxylic acid groups (broad SMARTS) is 1. The van der Waals surface area contributed by atoms with Crippen LogP contribution in [0.3, 0.4) is 0 Å². The summed E-state index contributed by atoms with van der Waals surface area (Å²) in [7, 11) is 2.06. The molecule has 1 aliphatic rings. The molecule has 4 heteroatoms. The van der Waals surface area contributed by atoms with Crippen molar-refractivity contribution in [2.24, 2.45) is 0 Å². The Labute approximate surface area is 80.6 Å². The molecular weight excluding hydrogens is 186 g/mol. The van der Waals surface area contributed by atoms with Gasteiger partial charge in [-0.25, -0.2) is 4.79 Å². The number of carboxylic acids is 1. The van der Waals surface area contributed by atoms with Crippen LogP contribution in [0.2, 0.25) is 0 Å². The molecule has 70 valence electrons.